The van der Waals surface area contributed by atoms with Crippen molar-refractivity contribution in [3.8, 4) is 28.2 Å². The Hall–Kier alpha value is -5.96. The summed E-state index contributed by atoms with van der Waals surface area (Å²) in [5.74, 6) is 0.318. The summed E-state index contributed by atoms with van der Waals surface area (Å²) < 4.78 is 6.73. The van der Waals surface area contributed by atoms with Gasteiger partial charge in [0.15, 0.2) is 11.7 Å². The molecule has 4 aromatic carbocycles. The molecule has 0 saturated carbocycles. The molecule has 52 heavy (non-hydrogen) atoms. The number of aromatic hydroxyl groups is 1. The largest absolute Gasteiger partial charge is 0.507 e. The van der Waals surface area contributed by atoms with E-state index >= 15 is 0 Å². The predicted molar refractivity (Wildman–Crippen MR) is 209 cm³/mol. The Labute approximate surface area is 308 Å². The molecule has 1 aliphatic heterocycles. The lowest BCUT2D eigenvalue weighted by atomic mass is 9.88. The number of anilines is 2. The number of nitrogens with zero attached hydrogens (tertiary/aromatic N) is 2. The van der Waals surface area contributed by atoms with Gasteiger partial charge < -0.3 is 20.2 Å². The number of carbonyl (C=O) groups is 1. The average Bonchev–Trinajstić information content (AvgIpc) is 3.14. The molecule has 2 aliphatic rings. The Kier molecular flexibility index (Phi) is 8.49. The molecule has 256 valence electrons. The van der Waals surface area contributed by atoms with Crippen molar-refractivity contribution in [2.75, 3.05) is 10.6 Å². The fourth-order valence-corrected chi connectivity index (χ4v) is 7.20. The van der Waals surface area contributed by atoms with E-state index < -0.39 is 0 Å². The van der Waals surface area contributed by atoms with Gasteiger partial charge in [0.2, 0.25) is 0 Å². The summed E-state index contributed by atoms with van der Waals surface area (Å²) in [6.07, 6.45) is 0.811. The minimum Gasteiger partial charge on any atom is -0.507 e. The van der Waals surface area contributed by atoms with E-state index in [0.29, 0.717) is 76.9 Å². The molecule has 10 heteroatoms. The van der Waals surface area contributed by atoms with Gasteiger partial charge in [-0.25, -0.2) is 0 Å². The molecule has 2 aromatic heterocycles. The van der Waals surface area contributed by atoms with Gasteiger partial charge in [-0.15, -0.1) is 0 Å². The Morgan fingerprint density at radius 2 is 1.29 bits per heavy atom. The maximum Gasteiger partial charge on any atom is 0.187 e. The Morgan fingerprint density at radius 3 is 1.92 bits per heavy atom. The predicted octanol–water partition coefficient (Wildman–Crippen LogP) is 10.3. The zero-order valence-electron chi connectivity index (χ0n) is 28.1. The lowest BCUT2D eigenvalue weighted by molar-refractivity contribution is 0.112. The van der Waals surface area contributed by atoms with Gasteiger partial charge >= 0.3 is 0 Å². The molecule has 0 spiro atoms. The number of hydrogen-bond donors (Lipinski definition) is 3. The number of carbonyl (C=O) groups excluding carboxylic acids is 1. The van der Waals surface area contributed by atoms with E-state index in [-0.39, 0.29) is 24.3 Å². The molecule has 0 unspecified atom stereocenters. The van der Waals surface area contributed by atoms with Gasteiger partial charge in [-0.05, 0) is 92.2 Å². The van der Waals surface area contributed by atoms with Gasteiger partial charge in [0.1, 0.15) is 17.1 Å². The Morgan fingerprint density at radius 1 is 0.692 bits per heavy atom. The van der Waals surface area contributed by atoms with Crippen LogP contribution in [0.2, 0.25) is 10.0 Å². The Balaban J connectivity index is 1.32. The molecule has 0 atom stereocenters. The van der Waals surface area contributed by atoms with Gasteiger partial charge in [-0.1, -0.05) is 47.5 Å². The summed E-state index contributed by atoms with van der Waals surface area (Å²) >= 11 is 13.0. The van der Waals surface area contributed by atoms with Crippen molar-refractivity contribution in [2.24, 2.45) is 0 Å². The number of aryl methyl sites for hydroxylation is 2. The fourth-order valence-electron chi connectivity index (χ4n) is 6.77. The van der Waals surface area contributed by atoms with E-state index in [0.717, 1.165) is 34.1 Å². The molecule has 0 bridgehead atoms. The topological polar surface area (TPSA) is 117 Å². The average molecular weight is 726 g/mol. The van der Waals surface area contributed by atoms with E-state index in [1.807, 2.05) is 62.4 Å². The van der Waals surface area contributed by atoms with Crippen LogP contribution in [0.4, 0.5) is 11.4 Å². The number of benzene rings is 5. The molecule has 3 N–H and O–H groups in total. The lowest BCUT2D eigenvalue weighted by Gasteiger charge is -2.21. The highest BCUT2D eigenvalue weighted by Gasteiger charge is 2.25. The van der Waals surface area contributed by atoms with Crippen LogP contribution in [-0.2, 0) is 13.1 Å². The first kappa shape index (κ1) is 33.2. The van der Waals surface area contributed by atoms with Crippen molar-refractivity contribution in [1.29, 1.82) is 0 Å². The van der Waals surface area contributed by atoms with Crippen LogP contribution in [0.15, 0.2) is 106 Å². The lowest BCUT2D eigenvalue weighted by Crippen LogP contribution is -2.15. The number of aldehydes is 1. The summed E-state index contributed by atoms with van der Waals surface area (Å²) in [6, 6.07) is 28.8. The standard InChI is InChI=1S/C42H30Cl2N4O4/c1-22-7-9-26-32(43)13-15-34(39(26)47-22)45-19-30-36(50)17-11-28-38(25-6-4-3-5-24(25)21-49)29-12-18-37(51)31(42(29)52-41(28)30)20-46-35-16-14-33(44)27-10-8-23(2)48-40(27)35/h3-18,21,45-46,50H,19-20H2,1-2H3. The van der Waals surface area contributed by atoms with Crippen LogP contribution in [0, 0.1) is 13.8 Å². The number of aromatic nitrogens is 2. The number of phenols is 1. The van der Waals surface area contributed by atoms with Crippen LogP contribution >= 0.6 is 23.2 Å². The molecule has 0 radical (unpaired) electrons. The number of pyridine rings is 2. The summed E-state index contributed by atoms with van der Waals surface area (Å²) in [5.41, 5.74) is 7.87. The third-order valence-electron chi connectivity index (χ3n) is 9.35. The number of rotatable bonds is 8. The van der Waals surface area contributed by atoms with Crippen molar-refractivity contribution < 1.29 is 14.3 Å². The molecule has 6 aromatic rings. The van der Waals surface area contributed by atoms with E-state index in [4.69, 9.17) is 37.6 Å². The smallest absolute Gasteiger partial charge is 0.187 e. The zero-order valence-corrected chi connectivity index (χ0v) is 29.6. The fraction of sp³-hybridized carbons (Fsp3) is 0.0952. The van der Waals surface area contributed by atoms with Gasteiger partial charge in [-0.2, -0.15) is 0 Å². The molecule has 8 nitrogen and oxygen atoms in total. The third kappa shape index (κ3) is 5.76. The molecule has 3 heterocycles. The van der Waals surface area contributed by atoms with E-state index in [2.05, 4.69) is 10.6 Å². The van der Waals surface area contributed by atoms with Crippen molar-refractivity contribution in [2.45, 2.75) is 26.9 Å². The van der Waals surface area contributed by atoms with Crippen molar-refractivity contribution >= 4 is 73.6 Å². The monoisotopic (exact) mass is 724 g/mol. The normalized spacial score (nSPS) is 11.5. The van der Waals surface area contributed by atoms with Crippen molar-refractivity contribution in [1.82, 2.24) is 9.97 Å². The van der Waals surface area contributed by atoms with Gasteiger partial charge in [0.25, 0.3) is 0 Å². The summed E-state index contributed by atoms with van der Waals surface area (Å²) in [5, 5.41) is 21.6. The highest BCUT2D eigenvalue weighted by Crippen LogP contribution is 2.45. The van der Waals surface area contributed by atoms with Crippen LogP contribution in [0.5, 0.6) is 5.75 Å². The van der Waals surface area contributed by atoms with E-state index in [1.165, 1.54) is 6.07 Å². The number of fused-ring (bicyclic) bond motifs is 4. The summed E-state index contributed by atoms with van der Waals surface area (Å²) in [7, 11) is 0. The van der Waals surface area contributed by atoms with Crippen LogP contribution < -0.4 is 16.1 Å². The first-order valence-corrected chi connectivity index (χ1v) is 17.3. The summed E-state index contributed by atoms with van der Waals surface area (Å²) in [4.78, 5) is 35.5. The van der Waals surface area contributed by atoms with Crippen molar-refractivity contribution in [3.05, 3.63) is 145 Å². The van der Waals surface area contributed by atoms with Crippen LogP contribution in [0.1, 0.15) is 32.9 Å². The molecule has 8 rings (SSSR count). The Bertz CT molecular complexity index is 2760. The molecule has 0 amide bonds. The van der Waals surface area contributed by atoms with Crippen LogP contribution in [0.25, 0.3) is 55.2 Å². The minimum absolute atomic E-state index is 0.00726. The minimum atomic E-state index is -0.242. The maximum absolute atomic E-state index is 13.7. The van der Waals surface area contributed by atoms with Gasteiger partial charge in [0.05, 0.1) is 43.6 Å². The quantitative estimate of drug-likeness (QED) is 0.105. The van der Waals surface area contributed by atoms with Gasteiger partial charge in [0, 0.05) is 57.3 Å². The molecular weight excluding hydrogens is 695 g/mol. The second-order valence-electron chi connectivity index (χ2n) is 12.6. The SMILES string of the molecule is Cc1ccc2c(Cl)ccc(NCc3c4oc5c(CNc6ccc(Cl)c7ccc(C)nc67)c(O)ccc5c(-c5ccccc5C=O)c-4ccc3=O)c2n1. The molecule has 0 fully saturated rings. The summed E-state index contributed by atoms with van der Waals surface area (Å²) in [6.45, 7) is 4.06. The van der Waals surface area contributed by atoms with E-state index in [1.54, 1.807) is 42.5 Å². The first-order chi connectivity index (χ1) is 25.2. The van der Waals surface area contributed by atoms with E-state index in [9.17, 15) is 14.7 Å². The van der Waals surface area contributed by atoms with Crippen LogP contribution in [-0.4, -0.2) is 21.4 Å². The molecular formula is C42H30Cl2N4O4. The maximum atomic E-state index is 13.7. The molecule has 0 saturated heterocycles. The highest BCUT2D eigenvalue weighted by molar-refractivity contribution is 6.36. The number of halogens is 2. The van der Waals surface area contributed by atoms with Crippen LogP contribution in [0.3, 0.4) is 0 Å². The second-order valence-corrected chi connectivity index (χ2v) is 13.5. The number of phenolic OH excluding ortho intramolecular Hbond substituents is 1. The highest BCUT2D eigenvalue weighted by atomic mass is 35.5. The second kappa shape index (κ2) is 13.3. The third-order valence-corrected chi connectivity index (χ3v) is 10.0. The first-order valence-electron chi connectivity index (χ1n) is 16.6. The molecule has 1 aliphatic carbocycles. The van der Waals surface area contributed by atoms with Gasteiger partial charge in [-0.3, -0.25) is 19.6 Å². The number of hydrogen-bond acceptors (Lipinski definition) is 8. The number of nitrogens with one attached hydrogen (secondary N) is 2. The van der Waals surface area contributed by atoms with Crippen molar-refractivity contribution in [3.63, 3.8) is 0 Å². The zero-order chi connectivity index (χ0) is 36.1.